The normalized spacial score (nSPS) is 11.9. The first-order chi connectivity index (χ1) is 16.1. The first-order valence-electron chi connectivity index (χ1n) is 10.6. The van der Waals surface area contributed by atoms with Crippen LogP contribution >= 0.6 is 7.82 Å². The Morgan fingerprint density at radius 2 is 0.758 bits per heavy atom. The van der Waals surface area contributed by atoms with Crippen molar-refractivity contribution in [3.8, 4) is 11.5 Å². The van der Waals surface area contributed by atoms with Crippen molar-refractivity contribution in [2.24, 2.45) is 0 Å². The Labute approximate surface area is 190 Å². The Hall–Kier alpha value is -3.85. The highest BCUT2D eigenvalue weighted by atomic mass is 31.2. The molecule has 0 spiro atoms. The SMILES string of the molecule is O=P(O)(Oc1c2ccccc2cc2ccccc12)Oc1c2ccccc2cc2ccccc12. The van der Waals surface area contributed by atoms with E-state index in [0.717, 1.165) is 43.1 Å². The quantitative estimate of drug-likeness (QED) is 0.219. The lowest BCUT2D eigenvalue weighted by Gasteiger charge is -2.19. The van der Waals surface area contributed by atoms with Crippen molar-refractivity contribution in [1.82, 2.24) is 0 Å². The van der Waals surface area contributed by atoms with Crippen LogP contribution in [-0.4, -0.2) is 4.89 Å². The van der Waals surface area contributed by atoms with Crippen molar-refractivity contribution < 1.29 is 18.5 Å². The molecular formula is C28H19O4P. The highest BCUT2D eigenvalue weighted by Crippen LogP contribution is 2.51. The largest absolute Gasteiger partial charge is 0.584 e. The van der Waals surface area contributed by atoms with E-state index in [2.05, 4.69) is 0 Å². The van der Waals surface area contributed by atoms with Crippen LogP contribution in [0.4, 0.5) is 0 Å². The molecule has 160 valence electrons. The Morgan fingerprint density at radius 3 is 1.06 bits per heavy atom. The summed E-state index contributed by atoms with van der Waals surface area (Å²) in [5.41, 5.74) is 0. The first kappa shape index (κ1) is 19.8. The Balaban J connectivity index is 1.52. The Bertz CT molecular complexity index is 1490. The van der Waals surface area contributed by atoms with Gasteiger partial charge in [0.2, 0.25) is 0 Å². The number of phosphoric acid groups is 1. The average Bonchev–Trinajstić information content (AvgIpc) is 2.83. The van der Waals surface area contributed by atoms with Gasteiger partial charge in [-0.1, -0.05) is 97.1 Å². The molecule has 0 unspecified atom stereocenters. The van der Waals surface area contributed by atoms with E-state index in [1.807, 2.05) is 109 Å². The van der Waals surface area contributed by atoms with Gasteiger partial charge in [-0.05, 0) is 33.7 Å². The van der Waals surface area contributed by atoms with E-state index < -0.39 is 7.82 Å². The lowest BCUT2D eigenvalue weighted by molar-refractivity contribution is 0.295. The van der Waals surface area contributed by atoms with Crippen molar-refractivity contribution in [3.05, 3.63) is 109 Å². The second-order valence-electron chi connectivity index (χ2n) is 7.95. The second kappa shape index (κ2) is 7.63. The van der Waals surface area contributed by atoms with Gasteiger partial charge in [-0.2, -0.15) is 0 Å². The van der Waals surface area contributed by atoms with E-state index in [1.165, 1.54) is 0 Å². The molecule has 0 amide bonds. The topological polar surface area (TPSA) is 55.8 Å². The third kappa shape index (κ3) is 3.50. The van der Waals surface area contributed by atoms with Gasteiger partial charge in [0.1, 0.15) is 11.5 Å². The lowest BCUT2D eigenvalue weighted by Crippen LogP contribution is -2.02. The summed E-state index contributed by atoms with van der Waals surface area (Å²) in [6, 6.07) is 34.7. The number of rotatable bonds is 4. The minimum atomic E-state index is -4.55. The summed E-state index contributed by atoms with van der Waals surface area (Å²) >= 11 is 0. The zero-order chi connectivity index (χ0) is 22.4. The van der Waals surface area contributed by atoms with Crippen molar-refractivity contribution in [2.45, 2.75) is 0 Å². The highest BCUT2D eigenvalue weighted by molar-refractivity contribution is 7.48. The maximum Gasteiger partial charge on any atom is 0.584 e. The van der Waals surface area contributed by atoms with Crippen LogP contribution in [0.15, 0.2) is 109 Å². The second-order valence-corrected chi connectivity index (χ2v) is 9.25. The molecule has 0 bridgehead atoms. The van der Waals surface area contributed by atoms with Gasteiger partial charge in [-0.15, -0.1) is 0 Å². The maximum atomic E-state index is 13.4. The molecule has 0 radical (unpaired) electrons. The van der Waals surface area contributed by atoms with Gasteiger partial charge in [0, 0.05) is 21.5 Å². The molecule has 0 aliphatic heterocycles. The first-order valence-corrected chi connectivity index (χ1v) is 12.1. The number of hydrogen-bond donors (Lipinski definition) is 1. The van der Waals surface area contributed by atoms with E-state index in [-0.39, 0.29) is 0 Å². The van der Waals surface area contributed by atoms with Gasteiger partial charge < -0.3 is 9.05 Å². The molecule has 0 saturated heterocycles. The number of phosphoric ester groups is 1. The number of fused-ring (bicyclic) bond motifs is 4. The molecule has 6 aromatic carbocycles. The van der Waals surface area contributed by atoms with Crippen molar-refractivity contribution in [1.29, 1.82) is 0 Å². The van der Waals surface area contributed by atoms with Crippen LogP contribution in [0, 0.1) is 0 Å². The summed E-state index contributed by atoms with van der Waals surface area (Å²) in [5, 5.41) is 6.66. The standard InChI is InChI=1S/C28H19O4P/c29-33(30,31-27-23-13-5-1-9-19(23)17-20-10-2-6-14-24(20)27)32-28-25-15-7-3-11-21(25)18-22-12-4-8-16-26(22)28/h1-18H,(H,29,30). The monoisotopic (exact) mass is 450 g/mol. The van der Waals surface area contributed by atoms with Gasteiger partial charge in [-0.3, -0.25) is 4.89 Å². The van der Waals surface area contributed by atoms with Crippen molar-refractivity contribution >= 4 is 50.9 Å². The molecule has 1 N–H and O–H groups in total. The third-order valence-corrected chi connectivity index (χ3v) is 6.68. The minimum absolute atomic E-state index is 0.332. The van der Waals surface area contributed by atoms with Crippen LogP contribution in [-0.2, 0) is 4.57 Å². The fraction of sp³-hybridized carbons (Fsp3) is 0. The zero-order valence-corrected chi connectivity index (χ0v) is 18.4. The summed E-state index contributed by atoms with van der Waals surface area (Å²) in [6.45, 7) is 0. The molecule has 0 aliphatic rings. The maximum absolute atomic E-state index is 13.4. The van der Waals surface area contributed by atoms with Gasteiger partial charge in [0.05, 0.1) is 0 Å². The van der Waals surface area contributed by atoms with Crippen LogP contribution < -0.4 is 9.05 Å². The Kier molecular flexibility index (Phi) is 4.58. The van der Waals surface area contributed by atoms with E-state index in [9.17, 15) is 9.46 Å². The summed E-state index contributed by atoms with van der Waals surface area (Å²) in [4.78, 5) is 11.0. The van der Waals surface area contributed by atoms with E-state index in [4.69, 9.17) is 9.05 Å². The predicted molar refractivity (Wildman–Crippen MR) is 134 cm³/mol. The fourth-order valence-electron chi connectivity index (χ4n) is 4.39. The van der Waals surface area contributed by atoms with Crippen LogP contribution in [0.5, 0.6) is 11.5 Å². The van der Waals surface area contributed by atoms with Gasteiger partial charge in [0.15, 0.2) is 0 Å². The average molecular weight is 450 g/mol. The molecular weight excluding hydrogens is 431 g/mol. The predicted octanol–water partition coefficient (Wildman–Crippen LogP) is 7.86. The molecule has 0 heterocycles. The molecule has 5 heteroatoms. The molecule has 6 aromatic rings. The van der Waals surface area contributed by atoms with E-state index >= 15 is 0 Å². The van der Waals surface area contributed by atoms with Crippen LogP contribution in [0.2, 0.25) is 0 Å². The van der Waals surface area contributed by atoms with E-state index in [0.29, 0.717) is 11.5 Å². The van der Waals surface area contributed by atoms with E-state index in [1.54, 1.807) is 0 Å². The van der Waals surface area contributed by atoms with Crippen molar-refractivity contribution in [3.63, 3.8) is 0 Å². The van der Waals surface area contributed by atoms with Gasteiger partial charge in [-0.25, -0.2) is 4.57 Å². The smallest absolute Gasteiger partial charge is 0.394 e. The van der Waals surface area contributed by atoms with Gasteiger partial charge in [0.25, 0.3) is 0 Å². The zero-order valence-electron chi connectivity index (χ0n) is 17.5. The van der Waals surface area contributed by atoms with Gasteiger partial charge >= 0.3 is 7.82 Å². The summed E-state index contributed by atoms with van der Waals surface area (Å²) in [7, 11) is -4.55. The van der Waals surface area contributed by atoms with Crippen LogP contribution in [0.25, 0.3) is 43.1 Å². The molecule has 0 saturated carbocycles. The van der Waals surface area contributed by atoms with Crippen LogP contribution in [0.3, 0.4) is 0 Å². The summed E-state index contributed by atoms with van der Waals surface area (Å²) in [5.74, 6) is 0.665. The molecule has 6 rings (SSSR count). The third-order valence-electron chi connectivity index (χ3n) is 5.86. The molecule has 0 fully saturated rings. The molecule has 0 aromatic heterocycles. The molecule has 33 heavy (non-hydrogen) atoms. The molecule has 0 aliphatic carbocycles. The molecule has 4 nitrogen and oxygen atoms in total. The fourth-order valence-corrected chi connectivity index (χ4v) is 5.28. The summed E-state index contributed by atoms with van der Waals surface area (Å²) in [6.07, 6.45) is 0. The number of benzene rings is 6. The highest BCUT2D eigenvalue weighted by Gasteiger charge is 2.29. The lowest BCUT2D eigenvalue weighted by atomic mass is 10.0. The Morgan fingerprint density at radius 1 is 0.485 bits per heavy atom. The number of hydrogen-bond acceptors (Lipinski definition) is 3. The van der Waals surface area contributed by atoms with Crippen molar-refractivity contribution in [2.75, 3.05) is 0 Å². The minimum Gasteiger partial charge on any atom is -0.394 e. The molecule has 0 atom stereocenters. The van der Waals surface area contributed by atoms with Crippen LogP contribution in [0.1, 0.15) is 0 Å². The summed E-state index contributed by atoms with van der Waals surface area (Å²) < 4.78 is 25.1.